The van der Waals surface area contributed by atoms with Crippen molar-refractivity contribution in [3.8, 4) is 28.5 Å². The van der Waals surface area contributed by atoms with Crippen molar-refractivity contribution in [1.82, 2.24) is 13.3 Å². The quantitative estimate of drug-likeness (QED) is 0.176. The summed E-state index contributed by atoms with van der Waals surface area (Å²) in [7, 11) is -0.554. The minimum atomic E-state index is -3.59. The van der Waals surface area contributed by atoms with Crippen LogP contribution in [0.15, 0.2) is 54.6 Å². The molecule has 0 saturated heterocycles. The first kappa shape index (κ1) is 28.2. The van der Waals surface area contributed by atoms with Gasteiger partial charge in [0.1, 0.15) is 22.5 Å². The molecule has 2 N–H and O–H groups in total. The van der Waals surface area contributed by atoms with E-state index in [0.717, 1.165) is 34.7 Å². The molecule has 41 heavy (non-hydrogen) atoms. The number of carboxylic acid groups (broad SMARTS) is 1. The van der Waals surface area contributed by atoms with Crippen molar-refractivity contribution >= 4 is 55.5 Å². The third kappa shape index (κ3) is 5.91. The van der Waals surface area contributed by atoms with Gasteiger partial charge in [-0.3, -0.25) is 4.72 Å². The van der Waals surface area contributed by atoms with Crippen LogP contribution in [0.5, 0.6) is 17.4 Å². The highest BCUT2D eigenvalue weighted by atomic mass is 32.2. The fourth-order valence-corrected chi connectivity index (χ4v) is 6.45. The molecule has 0 aliphatic rings. The summed E-state index contributed by atoms with van der Waals surface area (Å²) in [6.07, 6.45) is -0.233. The number of carbonyl (C=O) groups is 1. The number of anilines is 1. The molecular weight excluding hydrogens is 568 g/mol. The molecule has 0 aliphatic carbocycles. The second-order valence-electron chi connectivity index (χ2n) is 9.29. The third-order valence-electron chi connectivity index (χ3n) is 6.58. The van der Waals surface area contributed by atoms with Crippen LogP contribution in [-0.4, -0.2) is 53.0 Å². The molecule has 0 fully saturated rings. The van der Waals surface area contributed by atoms with E-state index in [0.29, 0.717) is 45.6 Å². The lowest BCUT2D eigenvalue weighted by molar-refractivity contribution is 0.141. The van der Waals surface area contributed by atoms with Crippen LogP contribution < -0.4 is 18.9 Å². The molecule has 0 radical (unpaired) electrons. The minimum absolute atomic E-state index is 0.0109. The predicted octanol–water partition coefficient (Wildman–Crippen LogP) is 5.98. The molecular formula is C28H28N4O7S2. The topological polar surface area (TPSA) is 142 Å². The maximum atomic E-state index is 12.7. The first-order valence-electron chi connectivity index (χ1n) is 12.7. The molecule has 5 aromatic rings. The lowest BCUT2D eigenvalue weighted by Crippen LogP contribution is -2.16. The monoisotopic (exact) mass is 596 g/mol. The van der Waals surface area contributed by atoms with Gasteiger partial charge in [-0.1, -0.05) is 19.4 Å². The predicted molar refractivity (Wildman–Crippen MR) is 158 cm³/mol. The van der Waals surface area contributed by atoms with Crippen molar-refractivity contribution in [2.24, 2.45) is 0 Å². The lowest BCUT2D eigenvalue weighted by Gasteiger charge is -2.13. The zero-order valence-electron chi connectivity index (χ0n) is 22.6. The normalized spacial score (nSPS) is 11.6. The standard InChI is InChI=1S/C28H28N4O7S2/c1-4-5-12-41(35,36)31-18-7-11-24-21(14-18)26(20-9-8-19(37-2)15-25(20)38-3)27(39-28(33)34)32(24)16-17-6-10-22-23(13-17)30-40-29-22/h6-11,13-15,31H,4-5,12,16H2,1-3H3,(H,33,34). The smallest absolute Gasteiger partial charge is 0.497 e. The number of fused-ring (bicyclic) bond motifs is 2. The number of benzene rings is 3. The van der Waals surface area contributed by atoms with Crippen molar-refractivity contribution in [2.75, 3.05) is 24.7 Å². The second-order valence-corrected chi connectivity index (χ2v) is 11.7. The fraction of sp³-hybridized carbons (Fsp3) is 0.250. The average Bonchev–Trinajstić information content (AvgIpc) is 3.53. The second kappa shape index (κ2) is 11.6. The lowest BCUT2D eigenvalue weighted by atomic mass is 10.0. The molecule has 0 saturated carbocycles. The number of hydrogen-bond donors (Lipinski definition) is 2. The van der Waals surface area contributed by atoms with E-state index >= 15 is 0 Å². The number of sulfonamides is 1. The van der Waals surface area contributed by atoms with Gasteiger partial charge >= 0.3 is 6.16 Å². The van der Waals surface area contributed by atoms with Crippen LogP contribution in [0.1, 0.15) is 25.3 Å². The van der Waals surface area contributed by atoms with Crippen molar-refractivity contribution in [2.45, 2.75) is 26.3 Å². The van der Waals surface area contributed by atoms with Gasteiger partial charge in [-0.05, 0) is 54.4 Å². The maximum Gasteiger partial charge on any atom is 0.512 e. The van der Waals surface area contributed by atoms with E-state index in [1.165, 1.54) is 14.2 Å². The van der Waals surface area contributed by atoms with Gasteiger partial charge in [-0.15, -0.1) is 0 Å². The van der Waals surface area contributed by atoms with Crippen molar-refractivity contribution in [3.05, 3.63) is 60.2 Å². The Kier molecular flexibility index (Phi) is 7.99. The summed E-state index contributed by atoms with van der Waals surface area (Å²) in [6, 6.07) is 15.9. The number of aromatic nitrogens is 3. The summed E-state index contributed by atoms with van der Waals surface area (Å²) in [6.45, 7) is 2.16. The summed E-state index contributed by atoms with van der Waals surface area (Å²) < 4.78 is 54.8. The van der Waals surface area contributed by atoms with E-state index in [1.54, 1.807) is 41.0 Å². The van der Waals surface area contributed by atoms with Crippen LogP contribution in [0.2, 0.25) is 0 Å². The van der Waals surface area contributed by atoms with Crippen molar-refractivity contribution < 1.29 is 32.5 Å². The van der Waals surface area contributed by atoms with E-state index in [1.807, 2.05) is 25.1 Å². The Morgan fingerprint density at radius 1 is 1.02 bits per heavy atom. The number of unbranched alkanes of at least 4 members (excludes halogenated alkanes) is 1. The highest BCUT2D eigenvalue weighted by molar-refractivity contribution is 7.92. The molecule has 13 heteroatoms. The summed E-state index contributed by atoms with van der Waals surface area (Å²) in [4.78, 5) is 12.0. The SMILES string of the molecule is CCCCS(=O)(=O)Nc1ccc2c(c1)c(-c1ccc(OC)cc1OC)c(OC(=O)O)n2Cc1ccc2nsnc2c1. The molecule has 11 nitrogen and oxygen atoms in total. The van der Waals surface area contributed by atoms with Gasteiger partial charge < -0.3 is 23.9 Å². The highest BCUT2D eigenvalue weighted by Gasteiger charge is 2.26. The summed E-state index contributed by atoms with van der Waals surface area (Å²) in [5.41, 5.74) is 4.27. The van der Waals surface area contributed by atoms with Crippen LogP contribution in [0.3, 0.4) is 0 Å². The largest absolute Gasteiger partial charge is 0.512 e. The van der Waals surface area contributed by atoms with Crippen molar-refractivity contribution in [1.29, 1.82) is 0 Å². The zero-order chi connectivity index (χ0) is 29.1. The average molecular weight is 597 g/mol. The third-order valence-corrected chi connectivity index (χ3v) is 8.51. The number of rotatable bonds is 11. The molecule has 0 atom stereocenters. The maximum absolute atomic E-state index is 12.7. The Morgan fingerprint density at radius 3 is 2.56 bits per heavy atom. The van der Waals surface area contributed by atoms with Crippen molar-refractivity contribution in [3.63, 3.8) is 0 Å². The van der Waals surface area contributed by atoms with Gasteiger partial charge in [0.2, 0.25) is 15.9 Å². The zero-order valence-corrected chi connectivity index (χ0v) is 24.2. The van der Waals surface area contributed by atoms with Crippen LogP contribution in [-0.2, 0) is 16.6 Å². The van der Waals surface area contributed by atoms with Gasteiger partial charge in [0, 0.05) is 22.7 Å². The summed E-state index contributed by atoms with van der Waals surface area (Å²) in [5.74, 6) is 1.01. The summed E-state index contributed by atoms with van der Waals surface area (Å²) >= 11 is 1.11. The van der Waals surface area contributed by atoms with E-state index in [4.69, 9.17) is 14.2 Å². The molecule has 2 aromatic heterocycles. The summed E-state index contributed by atoms with van der Waals surface area (Å²) in [5, 5.41) is 10.3. The number of nitrogens with zero attached hydrogens (tertiary/aromatic N) is 3. The molecule has 0 spiro atoms. The Balaban J connectivity index is 1.75. The van der Waals surface area contributed by atoms with Crippen LogP contribution >= 0.6 is 11.7 Å². The molecule has 0 unspecified atom stereocenters. The van der Waals surface area contributed by atoms with E-state index in [-0.39, 0.29) is 18.2 Å². The molecule has 0 amide bonds. The Bertz CT molecular complexity index is 1850. The molecule has 5 rings (SSSR count). The van der Waals surface area contributed by atoms with E-state index in [2.05, 4.69) is 13.5 Å². The first-order chi connectivity index (χ1) is 19.7. The number of ether oxygens (including phenoxy) is 3. The molecule has 214 valence electrons. The molecule has 0 bridgehead atoms. The van der Waals surface area contributed by atoms with Crippen LogP contribution in [0.4, 0.5) is 10.5 Å². The minimum Gasteiger partial charge on any atom is -0.497 e. The highest BCUT2D eigenvalue weighted by Crippen LogP contribution is 2.46. The Hall–Kier alpha value is -4.36. The Morgan fingerprint density at radius 2 is 1.83 bits per heavy atom. The number of methoxy groups -OCH3 is 2. The van der Waals surface area contributed by atoms with Gasteiger partial charge in [0.15, 0.2) is 0 Å². The van der Waals surface area contributed by atoms with Crippen LogP contribution in [0, 0.1) is 0 Å². The van der Waals surface area contributed by atoms with Gasteiger partial charge in [-0.25, -0.2) is 13.2 Å². The number of hydrogen-bond acceptors (Lipinski definition) is 9. The molecule has 2 heterocycles. The van der Waals surface area contributed by atoms with Gasteiger partial charge in [0.05, 0.1) is 49.3 Å². The van der Waals surface area contributed by atoms with E-state index in [9.17, 15) is 18.3 Å². The van der Waals surface area contributed by atoms with Gasteiger partial charge in [0.25, 0.3) is 0 Å². The van der Waals surface area contributed by atoms with Crippen LogP contribution in [0.25, 0.3) is 33.1 Å². The number of nitrogens with one attached hydrogen (secondary N) is 1. The first-order valence-corrected chi connectivity index (χ1v) is 15.1. The molecule has 3 aromatic carbocycles. The molecule has 0 aliphatic heterocycles. The van der Waals surface area contributed by atoms with E-state index < -0.39 is 16.2 Å². The Labute approximate surface area is 240 Å². The fourth-order valence-electron chi connectivity index (χ4n) is 4.68. The van der Waals surface area contributed by atoms with Gasteiger partial charge in [-0.2, -0.15) is 8.75 Å².